The molecular formula is C19H31N3O2. The van der Waals surface area contributed by atoms with E-state index >= 15 is 0 Å². The number of phenols is 1. The Morgan fingerprint density at radius 1 is 1.21 bits per heavy atom. The number of carbonyl (C=O) groups is 1. The normalized spacial score (nSPS) is 16.8. The first-order chi connectivity index (χ1) is 11.6. The van der Waals surface area contributed by atoms with E-state index in [1.165, 1.54) is 19.3 Å². The van der Waals surface area contributed by atoms with Crippen LogP contribution < -0.4 is 10.2 Å². The van der Waals surface area contributed by atoms with Crippen molar-refractivity contribution in [3.8, 4) is 5.75 Å². The zero-order chi connectivity index (χ0) is 17.4. The molecule has 1 heterocycles. The molecule has 5 nitrogen and oxygen atoms in total. The van der Waals surface area contributed by atoms with Gasteiger partial charge in [-0.05, 0) is 25.5 Å². The Labute approximate surface area is 145 Å². The average molecular weight is 333 g/mol. The molecular weight excluding hydrogens is 302 g/mol. The van der Waals surface area contributed by atoms with Crippen molar-refractivity contribution in [1.82, 2.24) is 10.2 Å². The van der Waals surface area contributed by atoms with Gasteiger partial charge in [0.05, 0.1) is 12.2 Å². The largest absolute Gasteiger partial charge is 0.506 e. The van der Waals surface area contributed by atoms with Crippen LogP contribution in [0.25, 0.3) is 0 Å². The summed E-state index contributed by atoms with van der Waals surface area (Å²) in [7, 11) is 0. The number of nitrogens with zero attached hydrogens (tertiary/aromatic N) is 2. The zero-order valence-electron chi connectivity index (χ0n) is 15.0. The van der Waals surface area contributed by atoms with Crippen LogP contribution in [0.15, 0.2) is 24.3 Å². The number of carbonyl (C=O) groups excluding carboxylic acids is 1. The molecule has 1 aliphatic heterocycles. The Kier molecular flexibility index (Phi) is 7.37. The maximum Gasteiger partial charge on any atom is 0.234 e. The minimum Gasteiger partial charge on any atom is -0.506 e. The lowest BCUT2D eigenvalue weighted by molar-refractivity contribution is -0.123. The molecule has 24 heavy (non-hydrogen) atoms. The molecule has 0 aliphatic carbocycles. The molecule has 5 heteroatoms. The van der Waals surface area contributed by atoms with Crippen molar-refractivity contribution in [2.75, 3.05) is 37.6 Å². The molecule has 2 rings (SSSR count). The van der Waals surface area contributed by atoms with Crippen LogP contribution in [0.3, 0.4) is 0 Å². The number of para-hydroxylation sites is 2. The average Bonchev–Trinajstić information content (AvgIpc) is 2.56. The number of amides is 1. The number of piperazine rings is 1. The monoisotopic (exact) mass is 333 g/mol. The van der Waals surface area contributed by atoms with Crippen LogP contribution in [0, 0.1) is 0 Å². The molecule has 134 valence electrons. The van der Waals surface area contributed by atoms with Crippen molar-refractivity contribution in [3.63, 3.8) is 0 Å². The summed E-state index contributed by atoms with van der Waals surface area (Å²) in [5.74, 6) is 0.444. The van der Waals surface area contributed by atoms with E-state index in [4.69, 9.17) is 0 Å². The summed E-state index contributed by atoms with van der Waals surface area (Å²) in [4.78, 5) is 16.5. The lowest BCUT2D eigenvalue weighted by Gasteiger charge is -2.36. The van der Waals surface area contributed by atoms with E-state index in [9.17, 15) is 9.90 Å². The quantitative estimate of drug-likeness (QED) is 0.718. The van der Waals surface area contributed by atoms with Crippen LogP contribution >= 0.6 is 0 Å². The molecule has 0 spiro atoms. The second-order valence-electron chi connectivity index (χ2n) is 6.72. The van der Waals surface area contributed by atoms with Gasteiger partial charge in [0, 0.05) is 32.2 Å². The first kappa shape index (κ1) is 18.6. The van der Waals surface area contributed by atoms with Crippen LogP contribution in [0.4, 0.5) is 5.69 Å². The third-order valence-electron chi connectivity index (χ3n) is 4.61. The maximum absolute atomic E-state index is 12.2. The summed E-state index contributed by atoms with van der Waals surface area (Å²) in [6, 6.07) is 7.69. The SMILES string of the molecule is CCCCC[C@H](C)NC(=O)CN1CCN(c2ccccc2O)CC1. The van der Waals surface area contributed by atoms with E-state index in [1.807, 2.05) is 18.2 Å². The van der Waals surface area contributed by atoms with Crippen molar-refractivity contribution < 1.29 is 9.90 Å². The molecule has 0 bridgehead atoms. The molecule has 1 aromatic rings. The predicted molar refractivity (Wildman–Crippen MR) is 98.5 cm³/mol. The van der Waals surface area contributed by atoms with E-state index in [0.29, 0.717) is 12.3 Å². The van der Waals surface area contributed by atoms with Gasteiger partial charge in [-0.3, -0.25) is 9.69 Å². The van der Waals surface area contributed by atoms with Gasteiger partial charge in [0.15, 0.2) is 0 Å². The number of hydrogen-bond donors (Lipinski definition) is 2. The van der Waals surface area contributed by atoms with Gasteiger partial charge in [-0.25, -0.2) is 0 Å². The summed E-state index contributed by atoms with van der Waals surface area (Å²) in [6.45, 7) is 8.08. The summed E-state index contributed by atoms with van der Waals surface area (Å²) in [5, 5.41) is 13.0. The Morgan fingerprint density at radius 3 is 2.58 bits per heavy atom. The molecule has 0 aromatic heterocycles. The summed E-state index contributed by atoms with van der Waals surface area (Å²) < 4.78 is 0. The minimum atomic E-state index is 0.120. The minimum absolute atomic E-state index is 0.120. The Hall–Kier alpha value is -1.75. The second kappa shape index (κ2) is 9.52. The third kappa shape index (κ3) is 5.71. The molecule has 1 fully saturated rings. The molecule has 1 saturated heterocycles. The van der Waals surface area contributed by atoms with Gasteiger partial charge in [-0.2, -0.15) is 0 Å². The van der Waals surface area contributed by atoms with E-state index in [-0.39, 0.29) is 11.9 Å². The Bertz CT molecular complexity index is 513. The molecule has 1 atom stereocenters. The fraction of sp³-hybridized carbons (Fsp3) is 0.632. The van der Waals surface area contributed by atoms with E-state index < -0.39 is 0 Å². The van der Waals surface area contributed by atoms with Crippen LogP contribution in [-0.2, 0) is 4.79 Å². The lowest BCUT2D eigenvalue weighted by Crippen LogP contribution is -2.50. The number of anilines is 1. The summed E-state index contributed by atoms with van der Waals surface area (Å²) >= 11 is 0. The predicted octanol–water partition coefficient (Wildman–Crippen LogP) is 2.60. The van der Waals surface area contributed by atoms with Crippen LogP contribution in [0.1, 0.15) is 39.5 Å². The number of unbranched alkanes of at least 4 members (excludes halogenated alkanes) is 2. The van der Waals surface area contributed by atoms with Crippen molar-refractivity contribution in [1.29, 1.82) is 0 Å². The van der Waals surface area contributed by atoms with E-state index in [2.05, 4.69) is 29.0 Å². The molecule has 1 aromatic carbocycles. The summed E-state index contributed by atoms with van der Waals surface area (Å²) in [6.07, 6.45) is 4.67. The highest BCUT2D eigenvalue weighted by molar-refractivity contribution is 5.78. The number of phenolic OH excluding ortho intramolecular Hbond substituents is 1. The first-order valence-electron chi connectivity index (χ1n) is 9.14. The Balaban J connectivity index is 1.71. The highest BCUT2D eigenvalue weighted by Crippen LogP contribution is 2.27. The van der Waals surface area contributed by atoms with Gasteiger partial charge in [-0.15, -0.1) is 0 Å². The zero-order valence-corrected chi connectivity index (χ0v) is 15.0. The maximum atomic E-state index is 12.2. The highest BCUT2D eigenvalue weighted by Gasteiger charge is 2.21. The standard InChI is InChI=1S/C19H31N3O2/c1-3-4-5-8-16(2)20-19(24)15-21-11-13-22(14-12-21)17-9-6-7-10-18(17)23/h6-7,9-10,16,23H,3-5,8,11-15H2,1-2H3,(H,20,24)/t16-/m0/s1. The van der Waals surface area contributed by atoms with Gasteiger partial charge >= 0.3 is 0 Å². The molecule has 1 aliphatic rings. The molecule has 2 N–H and O–H groups in total. The number of aromatic hydroxyl groups is 1. The topological polar surface area (TPSA) is 55.8 Å². The Morgan fingerprint density at radius 2 is 1.92 bits per heavy atom. The van der Waals surface area contributed by atoms with Gasteiger partial charge in [0.2, 0.25) is 5.91 Å². The summed E-state index contributed by atoms with van der Waals surface area (Å²) in [5.41, 5.74) is 0.881. The number of benzene rings is 1. The molecule has 1 amide bonds. The fourth-order valence-corrected chi connectivity index (χ4v) is 3.17. The van der Waals surface area contributed by atoms with Crippen molar-refractivity contribution >= 4 is 11.6 Å². The third-order valence-corrected chi connectivity index (χ3v) is 4.61. The van der Waals surface area contributed by atoms with E-state index in [1.54, 1.807) is 6.07 Å². The smallest absolute Gasteiger partial charge is 0.234 e. The lowest BCUT2D eigenvalue weighted by atomic mass is 10.1. The molecule has 0 radical (unpaired) electrons. The van der Waals surface area contributed by atoms with Gasteiger partial charge in [0.1, 0.15) is 5.75 Å². The van der Waals surface area contributed by atoms with Crippen molar-refractivity contribution in [2.45, 2.75) is 45.6 Å². The van der Waals surface area contributed by atoms with Gasteiger partial charge < -0.3 is 15.3 Å². The first-order valence-corrected chi connectivity index (χ1v) is 9.14. The van der Waals surface area contributed by atoms with Crippen LogP contribution in [-0.4, -0.2) is 54.7 Å². The van der Waals surface area contributed by atoms with Crippen molar-refractivity contribution in [2.24, 2.45) is 0 Å². The van der Waals surface area contributed by atoms with Gasteiger partial charge in [-0.1, -0.05) is 38.3 Å². The molecule has 0 saturated carbocycles. The molecule has 0 unspecified atom stereocenters. The van der Waals surface area contributed by atoms with Crippen LogP contribution in [0.2, 0.25) is 0 Å². The van der Waals surface area contributed by atoms with Crippen LogP contribution in [0.5, 0.6) is 5.75 Å². The number of nitrogens with one attached hydrogen (secondary N) is 1. The number of hydrogen-bond acceptors (Lipinski definition) is 4. The second-order valence-corrected chi connectivity index (χ2v) is 6.72. The van der Waals surface area contributed by atoms with E-state index in [0.717, 1.165) is 38.3 Å². The van der Waals surface area contributed by atoms with Crippen molar-refractivity contribution in [3.05, 3.63) is 24.3 Å². The number of rotatable bonds is 8. The van der Waals surface area contributed by atoms with Gasteiger partial charge in [0.25, 0.3) is 0 Å². The highest BCUT2D eigenvalue weighted by atomic mass is 16.3. The fourth-order valence-electron chi connectivity index (χ4n) is 3.17.